The van der Waals surface area contributed by atoms with Crippen LogP contribution in [0.5, 0.6) is 5.75 Å². The Bertz CT molecular complexity index is 1080. The number of nitrogens with zero attached hydrogens (tertiary/aromatic N) is 1. The minimum absolute atomic E-state index is 0.0599. The number of anilines is 1. The maximum Gasteiger partial charge on any atom is 0.238 e. The van der Waals surface area contributed by atoms with Gasteiger partial charge in [-0.2, -0.15) is 0 Å². The number of H-pyrrole nitrogens is 1. The number of sulfonamides is 1. The summed E-state index contributed by atoms with van der Waals surface area (Å²) in [5, 5.41) is 8.34. The van der Waals surface area contributed by atoms with Crippen LogP contribution < -0.4 is 15.2 Å². The number of benzene rings is 2. The van der Waals surface area contributed by atoms with E-state index in [-0.39, 0.29) is 16.6 Å². The SMILES string of the molecule is CCOc1ccc2nc(SCC(=O)Nc3cccc(S(N)(=O)=O)c3)[nH]c2c1. The molecule has 0 saturated heterocycles. The number of carbonyl (C=O) groups excluding carboxylic acids is 1. The molecule has 0 aliphatic carbocycles. The number of amides is 1. The van der Waals surface area contributed by atoms with Crippen LogP contribution in [-0.2, 0) is 14.8 Å². The fraction of sp³-hybridized carbons (Fsp3) is 0.176. The van der Waals surface area contributed by atoms with Gasteiger partial charge in [-0.25, -0.2) is 18.5 Å². The van der Waals surface area contributed by atoms with Crippen LogP contribution in [-0.4, -0.2) is 36.7 Å². The summed E-state index contributed by atoms with van der Waals surface area (Å²) >= 11 is 1.24. The van der Waals surface area contributed by atoms with Crippen molar-refractivity contribution in [2.75, 3.05) is 17.7 Å². The maximum absolute atomic E-state index is 12.1. The van der Waals surface area contributed by atoms with E-state index in [1.165, 1.54) is 30.0 Å². The molecule has 0 radical (unpaired) electrons. The van der Waals surface area contributed by atoms with Crippen LogP contribution in [0.3, 0.4) is 0 Å². The summed E-state index contributed by atoms with van der Waals surface area (Å²) in [7, 11) is -3.82. The topological polar surface area (TPSA) is 127 Å². The van der Waals surface area contributed by atoms with Gasteiger partial charge in [-0.1, -0.05) is 17.8 Å². The molecule has 0 saturated carbocycles. The van der Waals surface area contributed by atoms with Crippen molar-refractivity contribution in [2.24, 2.45) is 5.14 Å². The smallest absolute Gasteiger partial charge is 0.238 e. The van der Waals surface area contributed by atoms with Crippen LogP contribution in [0.15, 0.2) is 52.5 Å². The van der Waals surface area contributed by atoms with Crippen molar-refractivity contribution in [3.05, 3.63) is 42.5 Å². The molecule has 1 amide bonds. The normalized spacial score (nSPS) is 11.5. The van der Waals surface area contributed by atoms with Gasteiger partial charge < -0.3 is 15.0 Å². The standard InChI is InChI=1S/C17H18N4O4S2/c1-2-25-12-6-7-14-15(9-12)21-17(20-14)26-10-16(22)19-11-4-3-5-13(8-11)27(18,23)24/h3-9H,2,10H2,1H3,(H,19,22)(H,20,21)(H2,18,23,24). The van der Waals surface area contributed by atoms with Gasteiger partial charge in [0.05, 0.1) is 28.3 Å². The molecule has 1 aromatic heterocycles. The Morgan fingerprint density at radius 1 is 1.30 bits per heavy atom. The third kappa shape index (κ3) is 5.00. The number of hydrogen-bond donors (Lipinski definition) is 3. The van der Waals surface area contributed by atoms with E-state index >= 15 is 0 Å². The van der Waals surface area contributed by atoms with Gasteiger partial charge in [0.25, 0.3) is 0 Å². The van der Waals surface area contributed by atoms with E-state index in [0.29, 0.717) is 17.5 Å². The van der Waals surface area contributed by atoms with Gasteiger partial charge >= 0.3 is 0 Å². The van der Waals surface area contributed by atoms with Gasteiger partial charge in [-0.15, -0.1) is 0 Å². The van der Waals surface area contributed by atoms with E-state index in [1.54, 1.807) is 6.07 Å². The highest BCUT2D eigenvalue weighted by Gasteiger charge is 2.11. The molecular formula is C17H18N4O4S2. The molecule has 0 aliphatic heterocycles. The molecule has 2 aromatic carbocycles. The van der Waals surface area contributed by atoms with Crippen LogP contribution in [0.25, 0.3) is 11.0 Å². The number of fused-ring (bicyclic) bond motifs is 1. The first-order valence-corrected chi connectivity index (χ1v) is 10.6. The van der Waals surface area contributed by atoms with Crippen LogP contribution in [0, 0.1) is 0 Å². The van der Waals surface area contributed by atoms with Crippen molar-refractivity contribution < 1.29 is 17.9 Å². The first-order valence-electron chi connectivity index (χ1n) is 8.03. The van der Waals surface area contributed by atoms with Gasteiger partial charge in [0.15, 0.2) is 5.16 Å². The average Bonchev–Trinajstić information content (AvgIpc) is 3.02. The van der Waals surface area contributed by atoms with Gasteiger partial charge in [0.1, 0.15) is 5.75 Å². The Labute approximate surface area is 160 Å². The summed E-state index contributed by atoms with van der Waals surface area (Å²) in [6.07, 6.45) is 0. The number of aromatic nitrogens is 2. The van der Waals surface area contributed by atoms with Crippen LogP contribution in [0.2, 0.25) is 0 Å². The predicted octanol–water partition coefficient (Wildman–Crippen LogP) is 2.34. The number of primary sulfonamides is 1. The molecule has 0 spiro atoms. The molecule has 8 nitrogen and oxygen atoms in total. The quantitative estimate of drug-likeness (QED) is 0.517. The minimum Gasteiger partial charge on any atom is -0.494 e. The van der Waals surface area contributed by atoms with Gasteiger partial charge in [-0.05, 0) is 37.3 Å². The van der Waals surface area contributed by atoms with Crippen molar-refractivity contribution in [3.8, 4) is 5.75 Å². The van der Waals surface area contributed by atoms with Gasteiger partial charge in [-0.3, -0.25) is 4.79 Å². The lowest BCUT2D eigenvalue weighted by atomic mass is 10.3. The summed E-state index contributed by atoms with van der Waals surface area (Å²) in [5.41, 5.74) is 1.96. The highest BCUT2D eigenvalue weighted by Crippen LogP contribution is 2.23. The second-order valence-corrected chi connectivity index (χ2v) is 8.09. The van der Waals surface area contributed by atoms with Crippen molar-refractivity contribution in [1.29, 1.82) is 0 Å². The molecule has 27 heavy (non-hydrogen) atoms. The summed E-state index contributed by atoms with van der Waals surface area (Å²) in [6.45, 7) is 2.49. The molecular weight excluding hydrogens is 388 g/mol. The zero-order valence-electron chi connectivity index (χ0n) is 14.4. The fourth-order valence-corrected chi connectivity index (χ4v) is 3.62. The lowest BCUT2D eigenvalue weighted by molar-refractivity contribution is -0.113. The first kappa shape index (κ1) is 19.2. The van der Waals surface area contributed by atoms with E-state index < -0.39 is 10.0 Å². The van der Waals surface area contributed by atoms with E-state index in [0.717, 1.165) is 16.8 Å². The van der Waals surface area contributed by atoms with Crippen LogP contribution >= 0.6 is 11.8 Å². The molecule has 0 bridgehead atoms. The third-order valence-electron chi connectivity index (χ3n) is 3.53. The largest absolute Gasteiger partial charge is 0.494 e. The Morgan fingerprint density at radius 3 is 2.85 bits per heavy atom. The van der Waals surface area contributed by atoms with Crippen molar-refractivity contribution in [3.63, 3.8) is 0 Å². The number of carbonyl (C=O) groups is 1. The Morgan fingerprint density at radius 2 is 2.11 bits per heavy atom. The molecule has 0 fully saturated rings. The summed E-state index contributed by atoms with van der Waals surface area (Å²) in [4.78, 5) is 19.6. The highest BCUT2D eigenvalue weighted by atomic mass is 32.2. The summed E-state index contributed by atoms with van der Waals surface area (Å²) < 4.78 is 28.2. The highest BCUT2D eigenvalue weighted by molar-refractivity contribution is 7.99. The average molecular weight is 406 g/mol. The predicted molar refractivity (Wildman–Crippen MR) is 104 cm³/mol. The second-order valence-electron chi connectivity index (χ2n) is 5.56. The first-order chi connectivity index (χ1) is 12.8. The molecule has 1 heterocycles. The Kier molecular flexibility index (Phi) is 5.68. The lowest BCUT2D eigenvalue weighted by Gasteiger charge is -2.06. The molecule has 10 heteroatoms. The molecule has 0 unspecified atom stereocenters. The summed E-state index contributed by atoms with van der Waals surface area (Å²) in [5.74, 6) is 0.567. The molecule has 3 aromatic rings. The zero-order chi connectivity index (χ0) is 19.4. The fourth-order valence-electron chi connectivity index (χ4n) is 2.37. The second kappa shape index (κ2) is 7.99. The van der Waals surface area contributed by atoms with Crippen molar-refractivity contribution in [1.82, 2.24) is 9.97 Å². The lowest BCUT2D eigenvalue weighted by Crippen LogP contribution is -2.16. The number of nitrogens with one attached hydrogen (secondary N) is 2. The number of nitrogens with two attached hydrogens (primary N) is 1. The third-order valence-corrected chi connectivity index (χ3v) is 5.31. The number of imidazole rings is 1. The minimum atomic E-state index is -3.82. The van der Waals surface area contributed by atoms with Crippen LogP contribution in [0.1, 0.15) is 6.92 Å². The molecule has 3 rings (SSSR count). The number of rotatable bonds is 7. The Balaban J connectivity index is 1.63. The van der Waals surface area contributed by atoms with Gasteiger partial charge in [0.2, 0.25) is 15.9 Å². The van der Waals surface area contributed by atoms with E-state index in [1.807, 2.05) is 25.1 Å². The van der Waals surface area contributed by atoms with Crippen molar-refractivity contribution >= 4 is 44.4 Å². The van der Waals surface area contributed by atoms with Crippen LogP contribution in [0.4, 0.5) is 5.69 Å². The van der Waals surface area contributed by atoms with E-state index in [9.17, 15) is 13.2 Å². The number of thioether (sulfide) groups is 1. The summed E-state index contributed by atoms with van der Waals surface area (Å²) in [6, 6.07) is 11.3. The molecule has 0 aliphatic rings. The monoisotopic (exact) mass is 406 g/mol. The molecule has 0 atom stereocenters. The number of hydrogen-bond acceptors (Lipinski definition) is 6. The van der Waals surface area contributed by atoms with Crippen molar-refractivity contribution in [2.45, 2.75) is 17.0 Å². The molecule has 142 valence electrons. The van der Waals surface area contributed by atoms with Gasteiger partial charge in [0, 0.05) is 11.8 Å². The zero-order valence-corrected chi connectivity index (χ0v) is 16.1. The van der Waals surface area contributed by atoms with E-state index in [4.69, 9.17) is 9.88 Å². The maximum atomic E-state index is 12.1. The number of aromatic amines is 1. The molecule has 4 N–H and O–H groups in total. The Hall–Kier alpha value is -2.56. The number of ether oxygens (including phenoxy) is 1. The van der Waals surface area contributed by atoms with E-state index in [2.05, 4.69) is 15.3 Å².